The Morgan fingerprint density at radius 3 is 1.97 bits per heavy atom. The third-order valence-corrected chi connectivity index (χ3v) is 9.91. The molecule has 0 spiro atoms. The monoisotopic (exact) mass is 502 g/mol. The molecular weight excluding hydrogens is 479 g/mol. The average Bonchev–Trinajstić information content (AvgIpc) is 3.37. The number of nitrogens with zero attached hydrogens (tertiary/aromatic N) is 2. The summed E-state index contributed by atoms with van der Waals surface area (Å²) in [4.78, 5) is 5.25. The Hall–Kier alpha value is -4.52. The van der Waals surface area contributed by atoms with Crippen LogP contribution in [0.4, 0.5) is 0 Å². The van der Waals surface area contributed by atoms with Crippen molar-refractivity contribution in [3.8, 4) is 0 Å². The maximum atomic E-state index is 5.25. The van der Waals surface area contributed by atoms with E-state index in [1.165, 1.54) is 48.4 Å². The molecule has 2 aromatic heterocycles. The van der Waals surface area contributed by atoms with Gasteiger partial charge in [0.2, 0.25) is 0 Å². The summed E-state index contributed by atoms with van der Waals surface area (Å²) in [6.45, 7) is 0. The number of benzene rings is 6. The fourth-order valence-corrected chi connectivity index (χ4v) is 8.11. The van der Waals surface area contributed by atoms with E-state index in [-0.39, 0.29) is 0 Å². The molecule has 2 heterocycles. The van der Waals surface area contributed by atoms with E-state index < -0.39 is 7.92 Å². The molecule has 0 saturated carbocycles. The molecule has 2 nitrogen and oxygen atoms in total. The van der Waals surface area contributed by atoms with Gasteiger partial charge in [-0.1, -0.05) is 115 Å². The number of pyridine rings is 1. The van der Waals surface area contributed by atoms with Crippen molar-refractivity contribution in [3.05, 3.63) is 140 Å². The summed E-state index contributed by atoms with van der Waals surface area (Å²) in [7, 11) is -0.740. The maximum Gasteiger partial charge on any atom is 0.146 e. The summed E-state index contributed by atoms with van der Waals surface area (Å²) >= 11 is 0. The van der Waals surface area contributed by atoms with Crippen LogP contribution in [0, 0.1) is 0 Å². The zero-order valence-electron chi connectivity index (χ0n) is 20.6. The van der Waals surface area contributed by atoms with Crippen LogP contribution in [0.25, 0.3) is 49.1 Å². The van der Waals surface area contributed by atoms with Gasteiger partial charge in [-0.2, -0.15) is 0 Å². The summed E-state index contributed by atoms with van der Waals surface area (Å²) in [5, 5.41) is 10.2. The van der Waals surface area contributed by atoms with Crippen LogP contribution < -0.4 is 15.9 Å². The van der Waals surface area contributed by atoms with E-state index in [0.717, 1.165) is 16.7 Å². The third-order valence-electron chi connectivity index (χ3n) is 7.50. The molecule has 0 aliphatic heterocycles. The number of rotatable bonds is 3. The van der Waals surface area contributed by atoms with Gasteiger partial charge in [0.25, 0.3) is 0 Å². The standard InChI is InChI=1S/C35H23N2P/c1-2-12-26(13-3-1)38(27-19-18-24-10-4-5-11-25(24)22-27)28-20-21-34-32(23-28)36-35-31-16-7-6-14-29(31)30-15-8-9-17-33(30)37(34)35/h1-23H. The minimum atomic E-state index is -0.740. The smallest absolute Gasteiger partial charge is 0.146 e. The summed E-state index contributed by atoms with van der Waals surface area (Å²) in [5.74, 6) is 0. The molecule has 0 N–H and O–H groups in total. The lowest BCUT2D eigenvalue weighted by Gasteiger charge is -2.20. The number of para-hydroxylation sites is 1. The quantitative estimate of drug-likeness (QED) is 0.179. The lowest BCUT2D eigenvalue weighted by molar-refractivity contribution is 1.31. The molecular formula is C35H23N2P. The van der Waals surface area contributed by atoms with Crippen molar-refractivity contribution in [3.63, 3.8) is 0 Å². The Morgan fingerprint density at radius 2 is 1.11 bits per heavy atom. The lowest BCUT2D eigenvalue weighted by atomic mass is 10.1. The predicted molar refractivity (Wildman–Crippen MR) is 164 cm³/mol. The molecule has 178 valence electrons. The average molecular weight is 503 g/mol. The van der Waals surface area contributed by atoms with Crippen molar-refractivity contribution in [2.45, 2.75) is 0 Å². The van der Waals surface area contributed by atoms with Gasteiger partial charge in [0.15, 0.2) is 0 Å². The highest BCUT2D eigenvalue weighted by Gasteiger charge is 2.19. The molecule has 0 radical (unpaired) electrons. The molecule has 8 aromatic rings. The summed E-state index contributed by atoms with van der Waals surface area (Å²) in [5.41, 5.74) is 4.39. The molecule has 0 aliphatic carbocycles. The van der Waals surface area contributed by atoms with Gasteiger partial charge >= 0.3 is 0 Å². The van der Waals surface area contributed by atoms with Crippen molar-refractivity contribution in [1.29, 1.82) is 0 Å². The second-order valence-corrected chi connectivity index (χ2v) is 11.9. The van der Waals surface area contributed by atoms with Crippen LogP contribution in [0.5, 0.6) is 0 Å². The second-order valence-electron chi connectivity index (χ2n) is 9.71. The van der Waals surface area contributed by atoms with E-state index in [0.29, 0.717) is 0 Å². The van der Waals surface area contributed by atoms with Crippen LogP contribution in [0.2, 0.25) is 0 Å². The molecule has 1 unspecified atom stereocenters. The van der Waals surface area contributed by atoms with E-state index in [1.807, 2.05) is 0 Å². The van der Waals surface area contributed by atoms with Crippen LogP contribution >= 0.6 is 7.92 Å². The normalized spacial score (nSPS) is 12.6. The first-order valence-corrected chi connectivity index (χ1v) is 14.2. The highest BCUT2D eigenvalue weighted by Crippen LogP contribution is 2.36. The Morgan fingerprint density at radius 1 is 0.447 bits per heavy atom. The van der Waals surface area contributed by atoms with Gasteiger partial charge in [-0.25, -0.2) is 4.98 Å². The van der Waals surface area contributed by atoms with Gasteiger partial charge in [0.1, 0.15) is 5.65 Å². The molecule has 8 rings (SSSR count). The molecule has 0 amide bonds. The van der Waals surface area contributed by atoms with E-state index in [1.54, 1.807) is 0 Å². The van der Waals surface area contributed by atoms with Crippen molar-refractivity contribution >= 4 is 73.0 Å². The fourth-order valence-electron chi connectivity index (χ4n) is 5.78. The zero-order valence-corrected chi connectivity index (χ0v) is 21.5. The first-order valence-electron chi connectivity index (χ1n) is 12.9. The largest absolute Gasteiger partial charge is 0.292 e. The number of fused-ring (bicyclic) bond motifs is 9. The van der Waals surface area contributed by atoms with Crippen molar-refractivity contribution in [2.24, 2.45) is 0 Å². The third kappa shape index (κ3) is 3.28. The molecule has 38 heavy (non-hydrogen) atoms. The van der Waals surface area contributed by atoms with Crippen molar-refractivity contribution in [2.75, 3.05) is 0 Å². The molecule has 1 atom stereocenters. The number of aromatic nitrogens is 2. The van der Waals surface area contributed by atoms with Crippen LogP contribution in [0.1, 0.15) is 0 Å². The SMILES string of the molecule is c1ccc(P(c2ccc3ccccc3c2)c2ccc3c(c2)nc2c4ccccc4c4ccccc4n32)cc1. The predicted octanol–water partition coefficient (Wildman–Crippen LogP) is 7.71. The Balaban J connectivity index is 1.41. The van der Waals surface area contributed by atoms with Crippen LogP contribution in [-0.2, 0) is 0 Å². The lowest BCUT2D eigenvalue weighted by Crippen LogP contribution is -2.20. The Labute approximate surface area is 221 Å². The van der Waals surface area contributed by atoms with Crippen LogP contribution in [0.3, 0.4) is 0 Å². The Bertz CT molecular complexity index is 2140. The minimum absolute atomic E-state index is 0.740. The van der Waals surface area contributed by atoms with E-state index in [4.69, 9.17) is 4.98 Å². The van der Waals surface area contributed by atoms with Crippen LogP contribution in [-0.4, -0.2) is 9.38 Å². The maximum absolute atomic E-state index is 5.25. The summed E-state index contributed by atoms with van der Waals surface area (Å²) in [6, 6.07) is 50.6. The fraction of sp³-hybridized carbons (Fsp3) is 0. The molecule has 0 saturated heterocycles. The zero-order chi connectivity index (χ0) is 25.1. The van der Waals surface area contributed by atoms with Gasteiger partial charge in [0, 0.05) is 10.8 Å². The Kier molecular flexibility index (Phi) is 4.83. The topological polar surface area (TPSA) is 17.3 Å². The summed E-state index contributed by atoms with van der Waals surface area (Å²) < 4.78 is 2.33. The molecule has 0 bridgehead atoms. The molecule has 3 heteroatoms. The number of imidazole rings is 1. The van der Waals surface area contributed by atoms with Gasteiger partial charge in [-0.3, -0.25) is 4.40 Å². The number of hydrogen-bond acceptors (Lipinski definition) is 1. The van der Waals surface area contributed by atoms with E-state index >= 15 is 0 Å². The van der Waals surface area contributed by atoms with Crippen LogP contribution in [0.15, 0.2) is 140 Å². The van der Waals surface area contributed by atoms with Gasteiger partial charge in [0.05, 0.1) is 16.6 Å². The van der Waals surface area contributed by atoms with E-state index in [2.05, 4.69) is 144 Å². The van der Waals surface area contributed by atoms with Gasteiger partial charge in [-0.05, 0) is 64.3 Å². The van der Waals surface area contributed by atoms with Crippen molar-refractivity contribution in [1.82, 2.24) is 9.38 Å². The molecule has 0 fully saturated rings. The molecule has 6 aromatic carbocycles. The first-order chi connectivity index (χ1) is 18.8. The highest BCUT2D eigenvalue weighted by molar-refractivity contribution is 7.79. The highest BCUT2D eigenvalue weighted by atomic mass is 31.1. The molecule has 0 aliphatic rings. The second kappa shape index (κ2) is 8.52. The van der Waals surface area contributed by atoms with Crippen molar-refractivity contribution < 1.29 is 0 Å². The minimum Gasteiger partial charge on any atom is -0.292 e. The van der Waals surface area contributed by atoms with E-state index in [9.17, 15) is 0 Å². The number of hydrogen-bond donors (Lipinski definition) is 0. The van der Waals surface area contributed by atoms with Gasteiger partial charge in [-0.15, -0.1) is 0 Å². The first kappa shape index (κ1) is 21.6. The van der Waals surface area contributed by atoms with Gasteiger partial charge < -0.3 is 0 Å². The summed E-state index contributed by atoms with van der Waals surface area (Å²) in [6.07, 6.45) is 0.